The Balaban J connectivity index is 2.04. The van der Waals surface area contributed by atoms with E-state index in [-0.39, 0.29) is 5.56 Å². The summed E-state index contributed by atoms with van der Waals surface area (Å²) in [5, 5.41) is 11.7. The maximum atomic E-state index is 10.7. The summed E-state index contributed by atoms with van der Waals surface area (Å²) < 4.78 is 5.41. The average molecular weight is 250 g/mol. The number of carboxylic acids is 1. The third-order valence-corrected chi connectivity index (χ3v) is 2.84. The molecule has 5 nitrogen and oxygen atoms in total. The number of aromatic nitrogens is 2. The minimum absolute atomic E-state index is 0.108. The lowest BCUT2D eigenvalue weighted by molar-refractivity contribution is 0.0696. The summed E-state index contributed by atoms with van der Waals surface area (Å²) >= 11 is 1.55. The van der Waals surface area contributed by atoms with E-state index < -0.39 is 5.97 Å². The lowest BCUT2D eigenvalue weighted by atomic mass is 10.3. The van der Waals surface area contributed by atoms with E-state index >= 15 is 0 Å². The van der Waals surface area contributed by atoms with Crippen LogP contribution in [-0.2, 0) is 6.61 Å². The number of thiazole rings is 1. The Labute approximate surface area is 102 Å². The van der Waals surface area contributed by atoms with E-state index in [1.165, 1.54) is 18.5 Å². The van der Waals surface area contributed by atoms with Crippen LogP contribution in [0.4, 0.5) is 0 Å². The Morgan fingerprint density at radius 2 is 2.35 bits per heavy atom. The molecule has 0 radical (unpaired) electrons. The van der Waals surface area contributed by atoms with Crippen LogP contribution in [0.2, 0.25) is 0 Å². The van der Waals surface area contributed by atoms with Crippen LogP contribution in [0, 0.1) is 6.92 Å². The molecule has 0 fully saturated rings. The van der Waals surface area contributed by atoms with Crippen molar-refractivity contribution in [3.63, 3.8) is 0 Å². The van der Waals surface area contributed by atoms with E-state index in [2.05, 4.69) is 9.97 Å². The van der Waals surface area contributed by atoms with Crippen LogP contribution < -0.4 is 4.74 Å². The standard InChI is InChI=1S/C11H10N2O3S/c1-7-13-9(6-17-7)5-16-10-2-8(11(14)15)3-12-4-10/h2-4,6H,5H2,1H3,(H,14,15). The second-order valence-corrected chi connectivity index (χ2v) is 4.42. The van der Waals surface area contributed by atoms with Crippen LogP contribution in [-0.4, -0.2) is 21.0 Å². The fraction of sp³-hybridized carbons (Fsp3) is 0.182. The first kappa shape index (κ1) is 11.5. The van der Waals surface area contributed by atoms with Gasteiger partial charge in [0.05, 0.1) is 22.5 Å². The number of pyridine rings is 1. The first-order chi connectivity index (χ1) is 8.15. The molecule has 0 saturated heterocycles. The highest BCUT2D eigenvalue weighted by Gasteiger charge is 2.05. The number of ether oxygens (including phenoxy) is 1. The summed E-state index contributed by atoms with van der Waals surface area (Å²) in [5.74, 6) is -0.594. The number of carboxylic acid groups (broad SMARTS) is 1. The number of rotatable bonds is 4. The van der Waals surface area contributed by atoms with Gasteiger partial charge in [-0.15, -0.1) is 11.3 Å². The molecule has 0 aliphatic carbocycles. The van der Waals surface area contributed by atoms with Gasteiger partial charge >= 0.3 is 5.97 Å². The molecule has 88 valence electrons. The maximum Gasteiger partial charge on any atom is 0.337 e. The van der Waals surface area contributed by atoms with Crippen LogP contribution in [0.3, 0.4) is 0 Å². The molecule has 2 aromatic heterocycles. The van der Waals surface area contributed by atoms with Gasteiger partial charge in [-0.05, 0) is 13.0 Å². The smallest absolute Gasteiger partial charge is 0.337 e. The van der Waals surface area contributed by atoms with Gasteiger partial charge in [-0.25, -0.2) is 9.78 Å². The van der Waals surface area contributed by atoms with E-state index in [0.717, 1.165) is 10.7 Å². The lowest BCUT2D eigenvalue weighted by Crippen LogP contribution is -2.00. The van der Waals surface area contributed by atoms with E-state index in [9.17, 15) is 4.79 Å². The molecule has 0 aliphatic heterocycles. The molecule has 2 heterocycles. The van der Waals surface area contributed by atoms with Crippen LogP contribution in [0.5, 0.6) is 5.75 Å². The molecule has 0 amide bonds. The normalized spacial score (nSPS) is 10.2. The summed E-state index contributed by atoms with van der Waals surface area (Å²) in [6.07, 6.45) is 2.76. The fourth-order valence-corrected chi connectivity index (χ4v) is 1.84. The van der Waals surface area contributed by atoms with Gasteiger partial charge in [0.2, 0.25) is 0 Å². The monoisotopic (exact) mass is 250 g/mol. The third kappa shape index (κ3) is 3.01. The average Bonchev–Trinajstić information content (AvgIpc) is 2.73. The maximum absolute atomic E-state index is 10.7. The second-order valence-electron chi connectivity index (χ2n) is 3.36. The Morgan fingerprint density at radius 3 is 3.00 bits per heavy atom. The Bertz CT molecular complexity index is 539. The Hall–Kier alpha value is -1.95. The summed E-state index contributed by atoms with van der Waals surface area (Å²) in [5.41, 5.74) is 0.935. The largest absolute Gasteiger partial charge is 0.486 e. The zero-order chi connectivity index (χ0) is 12.3. The molecule has 0 saturated carbocycles. The molecule has 1 N–H and O–H groups in total. The molecule has 0 unspecified atom stereocenters. The van der Waals surface area contributed by atoms with E-state index in [1.54, 1.807) is 11.3 Å². The van der Waals surface area contributed by atoms with Crippen molar-refractivity contribution >= 4 is 17.3 Å². The van der Waals surface area contributed by atoms with E-state index in [0.29, 0.717) is 12.4 Å². The van der Waals surface area contributed by atoms with Crippen molar-refractivity contribution < 1.29 is 14.6 Å². The van der Waals surface area contributed by atoms with Gasteiger partial charge in [0.15, 0.2) is 0 Å². The molecule has 0 spiro atoms. The van der Waals surface area contributed by atoms with Crippen molar-refractivity contribution in [2.24, 2.45) is 0 Å². The van der Waals surface area contributed by atoms with Gasteiger partial charge in [0.25, 0.3) is 0 Å². The quantitative estimate of drug-likeness (QED) is 0.899. The summed E-state index contributed by atoms with van der Waals surface area (Å²) in [4.78, 5) is 18.8. The second kappa shape index (κ2) is 4.92. The Kier molecular flexibility index (Phi) is 3.34. The van der Waals surface area contributed by atoms with Crippen molar-refractivity contribution in [2.75, 3.05) is 0 Å². The van der Waals surface area contributed by atoms with Crippen molar-refractivity contribution in [2.45, 2.75) is 13.5 Å². The highest BCUT2D eigenvalue weighted by molar-refractivity contribution is 7.09. The summed E-state index contributed by atoms with van der Waals surface area (Å²) in [7, 11) is 0. The summed E-state index contributed by atoms with van der Waals surface area (Å²) in [6.45, 7) is 2.23. The van der Waals surface area contributed by atoms with Crippen LogP contribution in [0.15, 0.2) is 23.8 Å². The first-order valence-electron chi connectivity index (χ1n) is 4.87. The van der Waals surface area contributed by atoms with Crippen molar-refractivity contribution in [1.29, 1.82) is 0 Å². The van der Waals surface area contributed by atoms with E-state index in [1.807, 2.05) is 12.3 Å². The first-order valence-corrected chi connectivity index (χ1v) is 5.75. The highest BCUT2D eigenvalue weighted by Crippen LogP contribution is 2.14. The van der Waals surface area contributed by atoms with E-state index in [4.69, 9.17) is 9.84 Å². The van der Waals surface area contributed by atoms with Gasteiger partial charge in [-0.3, -0.25) is 4.98 Å². The van der Waals surface area contributed by atoms with Crippen molar-refractivity contribution in [3.8, 4) is 5.75 Å². The molecular formula is C11H10N2O3S. The number of aryl methyl sites for hydroxylation is 1. The molecule has 0 aliphatic rings. The van der Waals surface area contributed by atoms with Crippen LogP contribution >= 0.6 is 11.3 Å². The Morgan fingerprint density at radius 1 is 1.53 bits per heavy atom. The predicted molar refractivity (Wildman–Crippen MR) is 62.4 cm³/mol. The number of carbonyl (C=O) groups is 1. The molecular weight excluding hydrogens is 240 g/mol. The minimum Gasteiger partial charge on any atom is -0.486 e. The third-order valence-electron chi connectivity index (χ3n) is 2.01. The molecule has 0 atom stereocenters. The van der Waals surface area contributed by atoms with Crippen molar-refractivity contribution in [3.05, 3.63) is 40.1 Å². The fourth-order valence-electron chi connectivity index (χ4n) is 1.25. The van der Waals surface area contributed by atoms with Gasteiger partial charge in [-0.1, -0.05) is 0 Å². The number of hydrogen-bond donors (Lipinski definition) is 1. The van der Waals surface area contributed by atoms with Gasteiger partial charge in [0.1, 0.15) is 12.4 Å². The molecule has 0 aromatic carbocycles. The molecule has 2 rings (SSSR count). The zero-order valence-corrected chi connectivity index (χ0v) is 9.90. The van der Waals surface area contributed by atoms with Crippen LogP contribution in [0.25, 0.3) is 0 Å². The SMILES string of the molecule is Cc1nc(COc2cncc(C(=O)O)c2)cs1. The predicted octanol–water partition coefficient (Wildman–Crippen LogP) is 2.12. The van der Waals surface area contributed by atoms with Crippen molar-refractivity contribution in [1.82, 2.24) is 9.97 Å². The number of nitrogens with zero attached hydrogens (tertiary/aromatic N) is 2. The zero-order valence-electron chi connectivity index (χ0n) is 9.08. The highest BCUT2D eigenvalue weighted by atomic mass is 32.1. The lowest BCUT2D eigenvalue weighted by Gasteiger charge is -2.04. The number of aromatic carboxylic acids is 1. The number of hydrogen-bond acceptors (Lipinski definition) is 5. The van der Waals surface area contributed by atoms with Gasteiger partial charge in [0, 0.05) is 11.6 Å². The molecule has 0 bridgehead atoms. The summed E-state index contributed by atoms with van der Waals surface area (Å²) in [6, 6.07) is 1.44. The minimum atomic E-state index is -1.02. The molecule has 17 heavy (non-hydrogen) atoms. The topological polar surface area (TPSA) is 72.3 Å². The molecule has 2 aromatic rings. The molecule has 6 heteroatoms. The van der Waals surface area contributed by atoms with Crippen LogP contribution in [0.1, 0.15) is 21.1 Å². The van der Waals surface area contributed by atoms with Gasteiger partial charge in [-0.2, -0.15) is 0 Å². The van der Waals surface area contributed by atoms with Gasteiger partial charge < -0.3 is 9.84 Å².